The number of thioether (sulfide) groups is 1. The van der Waals surface area contributed by atoms with Crippen LogP contribution in [0.1, 0.15) is 39.6 Å². The van der Waals surface area contributed by atoms with Crippen molar-refractivity contribution in [1.29, 1.82) is 0 Å². The first-order chi connectivity index (χ1) is 14.4. The van der Waals surface area contributed by atoms with Crippen molar-refractivity contribution < 1.29 is 19.2 Å². The summed E-state index contributed by atoms with van der Waals surface area (Å²) in [5.74, 6) is -0.316. The molecule has 6 nitrogen and oxygen atoms in total. The van der Waals surface area contributed by atoms with Crippen LogP contribution in [0, 0.1) is 0 Å². The molecule has 7 heteroatoms. The second-order valence-electron chi connectivity index (χ2n) is 6.93. The van der Waals surface area contributed by atoms with Gasteiger partial charge >= 0.3 is 0 Å². The lowest BCUT2D eigenvalue weighted by molar-refractivity contribution is -0.122. The van der Waals surface area contributed by atoms with Crippen LogP contribution in [-0.2, 0) is 16.0 Å². The van der Waals surface area contributed by atoms with Crippen molar-refractivity contribution in [2.75, 3.05) is 18.6 Å². The molecule has 0 spiro atoms. The van der Waals surface area contributed by atoms with Crippen molar-refractivity contribution in [3.63, 3.8) is 0 Å². The fourth-order valence-corrected chi connectivity index (χ4v) is 3.46. The van der Waals surface area contributed by atoms with Gasteiger partial charge in [-0.25, -0.2) is 0 Å². The fraction of sp³-hybridized carbons (Fsp3) is 0.304. The van der Waals surface area contributed by atoms with Gasteiger partial charge in [-0.05, 0) is 24.3 Å². The number of hydrogen-bond acceptors (Lipinski definition) is 5. The number of carbonyl (C=O) groups excluding carboxylic acids is 4. The molecule has 0 saturated heterocycles. The quantitative estimate of drug-likeness (QED) is 0.539. The largest absolute Gasteiger partial charge is 0.353 e. The zero-order chi connectivity index (χ0) is 21.9. The van der Waals surface area contributed by atoms with Gasteiger partial charge in [-0.15, -0.1) is 0 Å². The molecule has 0 saturated carbocycles. The van der Waals surface area contributed by atoms with Crippen molar-refractivity contribution >= 4 is 35.1 Å². The molecule has 2 N–H and O–H groups in total. The summed E-state index contributed by atoms with van der Waals surface area (Å²) < 4.78 is 0. The Kier molecular flexibility index (Phi) is 9.28. The van der Waals surface area contributed by atoms with Gasteiger partial charge in [0.05, 0.1) is 12.3 Å². The van der Waals surface area contributed by atoms with Gasteiger partial charge in [-0.3, -0.25) is 19.2 Å². The van der Waals surface area contributed by atoms with Crippen molar-refractivity contribution in [2.24, 2.45) is 0 Å². The maximum atomic E-state index is 12.3. The number of hydrogen-bond donors (Lipinski definition) is 2. The molecule has 1 unspecified atom stereocenters. The lowest BCUT2D eigenvalue weighted by atomic mass is 9.99. The summed E-state index contributed by atoms with van der Waals surface area (Å²) in [7, 11) is 0. The van der Waals surface area contributed by atoms with Crippen molar-refractivity contribution in [1.82, 2.24) is 10.6 Å². The van der Waals surface area contributed by atoms with Crippen LogP contribution in [0.3, 0.4) is 0 Å². The highest BCUT2D eigenvalue weighted by Crippen LogP contribution is 2.12. The number of nitrogens with one attached hydrogen (secondary N) is 2. The summed E-state index contributed by atoms with van der Waals surface area (Å²) in [4.78, 5) is 48.2. The summed E-state index contributed by atoms with van der Waals surface area (Å²) in [5, 5.41) is 5.40. The van der Waals surface area contributed by atoms with E-state index >= 15 is 0 Å². The number of rotatable bonds is 11. The van der Waals surface area contributed by atoms with Gasteiger partial charge in [0.1, 0.15) is 0 Å². The van der Waals surface area contributed by atoms with E-state index in [1.54, 1.807) is 42.5 Å². The van der Waals surface area contributed by atoms with E-state index in [1.165, 1.54) is 18.7 Å². The molecule has 1 atom stereocenters. The first kappa shape index (κ1) is 23.3. The van der Waals surface area contributed by atoms with Gasteiger partial charge in [0.15, 0.2) is 11.6 Å². The summed E-state index contributed by atoms with van der Waals surface area (Å²) in [6.45, 7) is 1.29. The first-order valence-corrected chi connectivity index (χ1v) is 11.0. The Labute approximate surface area is 180 Å². The molecule has 158 valence electrons. The molecule has 0 bridgehead atoms. The molecular formula is C23H26N2O4S. The molecule has 2 rings (SSSR count). The Morgan fingerprint density at radius 3 is 2.30 bits per heavy atom. The van der Waals surface area contributed by atoms with Crippen LogP contribution in [0.2, 0.25) is 0 Å². The van der Waals surface area contributed by atoms with Crippen LogP contribution in [0.5, 0.6) is 0 Å². The SMILES string of the molecule is CSCC(=O)c1cccc(CC(CC(=O)NCC(=O)c2ccccc2)NC(C)=O)c1. The highest BCUT2D eigenvalue weighted by Gasteiger charge is 2.17. The van der Waals surface area contributed by atoms with Crippen LogP contribution in [0.15, 0.2) is 54.6 Å². The summed E-state index contributed by atoms with van der Waals surface area (Å²) in [6.07, 6.45) is 2.31. The number of benzene rings is 2. The molecule has 30 heavy (non-hydrogen) atoms. The smallest absolute Gasteiger partial charge is 0.222 e. The average molecular weight is 427 g/mol. The predicted molar refractivity (Wildman–Crippen MR) is 119 cm³/mol. The number of carbonyl (C=O) groups is 4. The molecule has 0 aliphatic rings. The molecular weight excluding hydrogens is 400 g/mol. The Hall–Kier alpha value is -2.93. The monoisotopic (exact) mass is 426 g/mol. The fourth-order valence-electron chi connectivity index (χ4n) is 3.03. The normalized spacial score (nSPS) is 11.4. The maximum absolute atomic E-state index is 12.3. The van der Waals surface area contributed by atoms with E-state index in [-0.39, 0.29) is 36.3 Å². The molecule has 2 amide bonds. The third-order valence-electron chi connectivity index (χ3n) is 4.39. The van der Waals surface area contributed by atoms with E-state index < -0.39 is 6.04 Å². The van der Waals surface area contributed by atoms with E-state index in [0.29, 0.717) is 23.3 Å². The lowest BCUT2D eigenvalue weighted by Gasteiger charge is -2.18. The highest BCUT2D eigenvalue weighted by molar-refractivity contribution is 7.99. The number of amides is 2. The molecule has 0 aliphatic heterocycles. The van der Waals surface area contributed by atoms with E-state index in [4.69, 9.17) is 0 Å². The standard InChI is InChI=1S/C23H26N2O4S/c1-16(26)25-20(12-17-7-6-10-19(11-17)22(28)15-30-2)13-23(29)24-14-21(27)18-8-4-3-5-9-18/h3-11,20H,12-15H2,1-2H3,(H,24,29)(H,25,26). The Morgan fingerprint density at radius 1 is 0.933 bits per heavy atom. The zero-order valence-corrected chi connectivity index (χ0v) is 18.0. The zero-order valence-electron chi connectivity index (χ0n) is 17.1. The third-order valence-corrected chi connectivity index (χ3v) is 4.94. The summed E-state index contributed by atoms with van der Waals surface area (Å²) in [5.41, 5.74) is 2.00. The Bertz CT molecular complexity index is 899. The van der Waals surface area contributed by atoms with Crippen molar-refractivity contribution in [3.05, 3.63) is 71.3 Å². The van der Waals surface area contributed by atoms with Gasteiger partial charge in [-0.2, -0.15) is 11.8 Å². The molecule has 2 aromatic rings. The molecule has 0 fully saturated rings. The van der Waals surface area contributed by atoms with E-state index in [2.05, 4.69) is 10.6 Å². The predicted octanol–water partition coefficient (Wildman–Crippen LogP) is 2.67. The average Bonchev–Trinajstić information content (AvgIpc) is 2.72. The van der Waals surface area contributed by atoms with Gasteiger partial charge in [-0.1, -0.05) is 48.5 Å². The Morgan fingerprint density at radius 2 is 1.63 bits per heavy atom. The second-order valence-corrected chi connectivity index (χ2v) is 7.79. The van der Waals surface area contributed by atoms with Crippen LogP contribution < -0.4 is 10.6 Å². The minimum absolute atomic E-state index is 0.0324. The lowest BCUT2D eigenvalue weighted by Crippen LogP contribution is -2.40. The number of ketones is 2. The minimum atomic E-state index is -0.444. The van der Waals surface area contributed by atoms with E-state index in [1.807, 2.05) is 18.4 Å². The van der Waals surface area contributed by atoms with Gasteiger partial charge in [0.25, 0.3) is 0 Å². The molecule has 0 aliphatic carbocycles. The second kappa shape index (κ2) is 11.9. The van der Waals surface area contributed by atoms with Crippen LogP contribution >= 0.6 is 11.8 Å². The number of Topliss-reactive ketones (excluding diaryl/α,β-unsaturated/α-hetero) is 2. The van der Waals surface area contributed by atoms with Crippen LogP contribution in [0.4, 0.5) is 0 Å². The van der Waals surface area contributed by atoms with Crippen LogP contribution in [-0.4, -0.2) is 48.0 Å². The van der Waals surface area contributed by atoms with Crippen molar-refractivity contribution in [3.8, 4) is 0 Å². The Balaban J connectivity index is 1.97. The summed E-state index contributed by atoms with van der Waals surface area (Å²) in [6, 6.07) is 15.5. The minimum Gasteiger partial charge on any atom is -0.353 e. The van der Waals surface area contributed by atoms with Crippen LogP contribution in [0.25, 0.3) is 0 Å². The summed E-state index contributed by atoms with van der Waals surface area (Å²) >= 11 is 1.46. The molecule has 2 aromatic carbocycles. The van der Waals surface area contributed by atoms with E-state index in [9.17, 15) is 19.2 Å². The third kappa shape index (κ3) is 7.83. The first-order valence-electron chi connectivity index (χ1n) is 9.62. The van der Waals surface area contributed by atoms with Gasteiger partial charge in [0.2, 0.25) is 11.8 Å². The van der Waals surface area contributed by atoms with Gasteiger partial charge < -0.3 is 10.6 Å². The highest BCUT2D eigenvalue weighted by atomic mass is 32.2. The topological polar surface area (TPSA) is 92.3 Å². The van der Waals surface area contributed by atoms with Crippen molar-refractivity contribution in [2.45, 2.75) is 25.8 Å². The molecule has 0 aromatic heterocycles. The maximum Gasteiger partial charge on any atom is 0.222 e. The van der Waals surface area contributed by atoms with E-state index in [0.717, 1.165) is 5.56 Å². The molecule has 0 heterocycles. The van der Waals surface area contributed by atoms with Gasteiger partial charge in [0, 0.05) is 30.5 Å². The molecule has 0 radical (unpaired) electrons.